The summed E-state index contributed by atoms with van der Waals surface area (Å²) in [5.41, 5.74) is 6.06. The highest BCUT2D eigenvalue weighted by Gasteiger charge is 2.44. The van der Waals surface area contributed by atoms with Crippen molar-refractivity contribution in [3.05, 3.63) is 35.9 Å². The molecule has 0 saturated carbocycles. The van der Waals surface area contributed by atoms with Crippen molar-refractivity contribution in [3.8, 4) is 0 Å². The molecule has 1 aliphatic rings. The van der Waals surface area contributed by atoms with Crippen LogP contribution in [-0.2, 0) is 9.53 Å². The van der Waals surface area contributed by atoms with Gasteiger partial charge in [-0.1, -0.05) is 30.3 Å². The predicted octanol–water partition coefficient (Wildman–Crippen LogP) is 0.200. The lowest BCUT2D eigenvalue weighted by Gasteiger charge is -2.28. The number of carbonyl (C=O) groups is 1. The van der Waals surface area contributed by atoms with Gasteiger partial charge in [0.1, 0.15) is 0 Å². The van der Waals surface area contributed by atoms with Gasteiger partial charge in [-0.2, -0.15) is 0 Å². The van der Waals surface area contributed by atoms with E-state index in [4.69, 9.17) is 10.5 Å². The zero-order valence-corrected chi connectivity index (χ0v) is 11.0. The lowest BCUT2D eigenvalue weighted by atomic mass is 9.84. The zero-order chi connectivity index (χ0) is 13.9. The molecule has 1 amide bonds. The fourth-order valence-corrected chi connectivity index (χ4v) is 2.17. The summed E-state index contributed by atoms with van der Waals surface area (Å²) in [6.45, 7) is 2.34. The van der Waals surface area contributed by atoms with Crippen molar-refractivity contribution in [2.45, 2.75) is 19.0 Å². The van der Waals surface area contributed by atoms with Crippen LogP contribution >= 0.6 is 0 Å². The number of hydrogen-bond acceptors (Lipinski definition) is 4. The smallest absolute Gasteiger partial charge is 0.230 e. The van der Waals surface area contributed by atoms with Gasteiger partial charge in [-0.05, 0) is 12.5 Å². The van der Waals surface area contributed by atoms with Crippen molar-refractivity contribution >= 4 is 5.91 Å². The molecule has 1 aliphatic heterocycles. The fourth-order valence-electron chi connectivity index (χ4n) is 2.17. The Morgan fingerprint density at radius 1 is 1.58 bits per heavy atom. The minimum absolute atomic E-state index is 0.151. The van der Waals surface area contributed by atoms with E-state index in [1.54, 1.807) is 6.92 Å². The van der Waals surface area contributed by atoms with Gasteiger partial charge in [0.05, 0.1) is 31.3 Å². The SMILES string of the molecule is CC1(C(=O)NC(CO)c2ccccc2)COCC1N. The first-order valence-corrected chi connectivity index (χ1v) is 6.38. The minimum Gasteiger partial charge on any atom is -0.394 e. The van der Waals surface area contributed by atoms with Crippen LogP contribution in [-0.4, -0.2) is 36.9 Å². The van der Waals surface area contributed by atoms with Crippen LogP contribution in [0.15, 0.2) is 30.3 Å². The summed E-state index contributed by atoms with van der Waals surface area (Å²) in [5.74, 6) is -0.180. The molecule has 1 fully saturated rings. The summed E-state index contributed by atoms with van der Waals surface area (Å²) in [4.78, 5) is 12.3. The van der Waals surface area contributed by atoms with Crippen LogP contribution < -0.4 is 11.1 Å². The molecule has 0 spiro atoms. The van der Waals surface area contributed by atoms with Gasteiger partial charge in [0, 0.05) is 6.04 Å². The second-order valence-electron chi connectivity index (χ2n) is 5.16. The highest BCUT2D eigenvalue weighted by molar-refractivity contribution is 5.84. The third kappa shape index (κ3) is 2.78. The molecule has 0 radical (unpaired) electrons. The van der Waals surface area contributed by atoms with Gasteiger partial charge in [0.2, 0.25) is 5.91 Å². The number of benzene rings is 1. The molecule has 19 heavy (non-hydrogen) atoms. The van der Waals surface area contributed by atoms with E-state index in [0.717, 1.165) is 5.56 Å². The molecule has 0 bridgehead atoms. The van der Waals surface area contributed by atoms with Crippen molar-refractivity contribution < 1.29 is 14.6 Å². The molecule has 4 N–H and O–H groups in total. The third-order valence-electron chi connectivity index (χ3n) is 3.73. The van der Waals surface area contributed by atoms with Crippen molar-refractivity contribution in [1.82, 2.24) is 5.32 Å². The largest absolute Gasteiger partial charge is 0.394 e. The lowest BCUT2D eigenvalue weighted by Crippen LogP contribution is -2.51. The Kier molecular flexibility index (Phi) is 4.19. The molecule has 3 atom stereocenters. The van der Waals surface area contributed by atoms with Crippen LogP contribution in [0.25, 0.3) is 0 Å². The Hall–Kier alpha value is -1.43. The molecule has 1 aromatic rings. The van der Waals surface area contributed by atoms with Gasteiger partial charge >= 0.3 is 0 Å². The van der Waals surface area contributed by atoms with Crippen LogP contribution in [0.5, 0.6) is 0 Å². The maximum Gasteiger partial charge on any atom is 0.230 e. The van der Waals surface area contributed by atoms with Gasteiger partial charge in [-0.15, -0.1) is 0 Å². The zero-order valence-electron chi connectivity index (χ0n) is 11.0. The van der Waals surface area contributed by atoms with E-state index < -0.39 is 11.5 Å². The van der Waals surface area contributed by atoms with Crippen LogP contribution in [0.1, 0.15) is 18.5 Å². The number of nitrogens with two attached hydrogens (primary N) is 1. The summed E-state index contributed by atoms with van der Waals surface area (Å²) in [5, 5.41) is 12.3. The molecular formula is C14H20N2O3. The third-order valence-corrected chi connectivity index (χ3v) is 3.73. The molecular weight excluding hydrogens is 244 g/mol. The van der Waals surface area contributed by atoms with E-state index in [1.165, 1.54) is 0 Å². The monoisotopic (exact) mass is 264 g/mol. The van der Waals surface area contributed by atoms with E-state index in [-0.39, 0.29) is 18.6 Å². The summed E-state index contributed by atoms with van der Waals surface area (Å²) < 4.78 is 5.27. The molecule has 1 saturated heterocycles. The Morgan fingerprint density at radius 2 is 2.26 bits per heavy atom. The van der Waals surface area contributed by atoms with Gasteiger partial charge in [0.25, 0.3) is 0 Å². The van der Waals surface area contributed by atoms with Crippen molar-refractivity contribution in [1.29, 1.82) is 0 Å². The van der Waals surface area contributed by atoms with Gasteiger partial charge in [-0.25, -0.2) is 0 Å². The number of amides is 1. The summed E-state index contributed by atoms with van der Waals surface area (Å²) in [7, 11) is 0. The Labute approximate surface area is 112 Å². The van der Waals surface area contributed by atoms with E-state index in [9.17, 15) is 9.90 Å². The van der Waals surface area contributed by atoms with Crippen LogP contribution in [0.4, 0.5) is 0 Å². The molecule has 2 rings (SSSR count). The summed E-state index contributed by atoms with van der Waals surface area (Å²) in [6.07, 6.45) is 0. The molecule has 5 heteroatoms. The van der Waals surface area contributed by atoms with E-state index >= 15 is 0 Å². The first-order valence-electron chi connectivity index (χ1n) is 6.38. The van der Waals surface area contributed by atoms with Crippen LogP contribution in [0.3, 0.4) is 0 Å². The van der Waals surface area contributed by atoms with E-state index in [1.807, 2.05) is 30.3 Å². The Balaban J connectivity index is 2.09. The molecule has 1 heterocycles. The number of aliphatic hydroxyl groups excluding tert-OH is 1. The molecule has 3 unspecified atom stereocenters. The highest BCUT2D eigenvalue weighted by Crippen LogP contribution is 2.28. The predicted molar refractivity (Wildman–Crippen MR) is 71.3 cm³/mol. The average molecular weight is 264 g/mol. The minimum atomic E-state index is -0.734. The van der Waals surface area contributed by atoms with Crippen LogP contribution in [0, 0.1) is 5.41 Å². The second kappa shape index (κ2) is 5.69. The maximum absolute atomic E-state index is 12.3. The molecule has 5 nitrogen and oxygen atoms in total. The normalized spacial score (nSPS) is 28.1. The van der Waals surface area contributed by atoms with Gasteiger partial charge in [-0.3, -0.25) is 4.79 Å². The Morgan fingerprint density at radius 3 is 2.79 bits per heavy atom. The quantitative estimate of drug-likeness (QED) is 0.725. The molecule has 0 aromatic heterocycles. The molecule has 104 valence electrons. The number of hydrogen-bond donors (Lipinski definition) is 3. The standard InChI is InChI=1S/C14H20N2O3/c1-14(9-19-8-12(14)15)13(18)16-11(7-17)10-5-3-2-4-6-10/h2-6,11-12,17H,7-9,15H2,1H3,(H,16,18). The average Bonchev–Trinajstić information content (AvgIpc) is 2.78. The van der Waals surface area contributed by atoms with E-state index in [2.05, 4.69) is 5.32 Å². The number of carbonyl (C=O) groups excluding carboxylic acids is 1. The maximum atomic E-state index is 12.3. The molecule has 1 aromatic carbocycles. The van der Waals surface area contributed by atoms with Gasteiger partial charge in [0.15, 0.2) is 0 Å². The van der Waals surface area contributed by atoms with Crippen molar-refractivity contribution in [2.75, 3.05) is 19.8 Å². The fraction of sp³-hybridized carbons (Fsp3) is 0.500. The first kappa shape index (κ1) is 14.0. The summed E-state index contributed by atoms with van der Waals surface area (Å²) in [6, 6.07) is 8.64. The second-order valence-corrected chi connectivity index (χ2v) is 5.16. The lowest BCUT2D eigenvalue weighted by molar-refractivity contribution is -0.131. The number of nitrogens with one attached hydrogen (secondary N) is 1. The Bertz CT molecular complexity index is 438. The van der Waals surface area contributed by atoms with E-state index in [0.29, 0.717) is 13.2 Å². The van der Waals surface area contributed by atoms with Crippen LogP contribution in [0.2, 0.25) is 0 Å². The van der Waals surface area contributed by atoms with Crippen molar-refractivity contribution in [2.24, 2.45) is 11.1 Å². The number of aliphatic hydroxyl groups is 1. The summed E-state index contributed by atoms with van der Waals surface area (Å²) >= 11 is 0. The number of ether oxygens (including phenoxy) is 1. The topological polar surface area (TPSA) is 84.6 Å². The van der Waals surface area contributed by atoms with Gasteiger partial charge < -0.3 is 20.9 Å². The first-order chi connectivity index (χ1) is 9.08. The number of rotatable bonds is 4. The van der Waals surface area contributed by atoms with Crippen molar-refractivity contribution in [3.63, 3.8) is 0 Å². The molecule has 0 aliphatic carbocycles. The highest BCUT2D eigenvalue weighted by atomic mass is 16.5.